The SMILES string of the molecule is CC(C)NCCCCCCN(C)CC1CCCO1. The monoisotopic (exact) mass is 256 g/mol. The predicted molar refractivity (Wildman–Crippen MR) is 78.1 cm³/mol. The lowest BCUT2D eigenvalue weighted by Crippen LogP contribution is -2.29. The molecule has 0 aromatic heterocycles. The van der Waals surface area contributed by atoms with Crippen molar-refractivity contribution in [1.82, 2.24) is 10.2 Å². The van der Waals surface area contributed by atoms with Crippen LogP contribution in [0.3, 0.4) is 0 Å². The van der Waals surface area contributed by atoms with E-state index >= 15 is 0 Å². The molecule has 1 N–H and O–H groups in total. The highest BCUT2D eigenvalue weighted by molar-refractivity contribution is 4.68. The summed E-state index contributed by atoms with van der Waals surface area (Å²) in [6, 6.07) is 0.627. The van der Waals surface area contributed by atoms with Crippen molar-refractivity contribution < 1.29 is 4.74 Å². The zero-order valence-electron chi connectivity index (χ0n) is 12.6. The van der Waals surface area contributed by atoms with E-state index in [2.05, 4.69) is 31.1 Å². The molecule has 0 aromatic carbocycles. The second-order valence-corrected chi connectivity index (χ2v) is 5.92. The quantitative estimate of drug-likeness (QED) is 0.608. The Labute approximate surface area is 113 Å². The summed E-state index contributed by atoms with van der Waals surface area (Å²) in [6.45, 7) is 8.90. The van der Waals surface area contributed by atoms with Crippen molar-refractivity contribution in [2.45, 2.75) is 64.5 Å². The molecule has 0 spiro atoms. The molecule has 1 fully saturated rings. The van der Waals surface area contributed by atoms with Crippen LogP contribution in [0.15, 0.2) is 0 Å². The van der Waals surface area contributed by atoms with Crippen molar-refractivity contribution >= 4 is 0 Å². The lowest BCUT2D eigenvalue weighted by atomic mass is 10.1. The number of ether oxygens (including phenoxy) is 1. The van der Waals surface area contributed by atoms with Gasteiger partial charge in [-0.2, -0.15) is 0 Å². The lowest BCUT2D eigenvalue weighted by molar-refractivity contribution is 0.0807. The molecule has 0 aromatic rings. The molecule has 1 rings (SSSR count). The number of hydrogen-bond acceptors (Lipinski definition) is 3. The molecule has 0 amide bonds. The molecule has 1 heterocycles. The highest BCUT2D eigenvalue weighted by Crippen LogP contribution is 2.13. The van der Waals surface area contributed by atoms with Crippen molar-refractivity contribution in [3.8, 4) is 0 Å². The van der Waals surface area contributed by atoms with Gasteiger partial charge in [0, 0.05) is 19.2 Å². The smallest absolute Gasteiger partial charge is 0.0702 e. The predicted octanol–water partition coefficient (Wildman–Crippen LogP) is 2.66. The van der Waals surface area contributed by atoms with Crippen molar-refractivity contribution in [1.29, 1.82) is 0 Å². The molecule has 1 saturated heterocycles. The minimum atomic E-state index is 0.505. The largest absolute Gasteiger partial charge is 0.377 e. The van der Waals surface area contributed by atoms with Gasteiger partial charge in [-0.25, -0.2) is 0 Å². The fraction of sp³-hybridized carbons (Fsp3) is 1.00. The highest BCUT2D eigenvalue weighted by Gasteiger charge is 2.16. The Hall–Kier alpha value is -0.120. The molecular weight excluding hydrogens is 224 g/mol. The summed E-state index contributed by atoms with van der Waals surface area (Å²) in [6.07, 6.45) is 8.36. The summed E-state index contributed by atoms with van der Waals surface area (Å²) in [5, 5.41) is 3.47. The van der Waals surface area contributed by atoms with E-state index in [9.17, 15) is 0 Å². The molecule has 18 heavy (non-hydrogen) atoms. The first-order chi connectivity index (χ1) is 8.68. The van der Waals surface area contributed by atoms with Crippen LogP contribution in [-0.4, -0.2) is 50.3 Å². The van der Waals surface area contributed by atoms with E-state index in [1.165, 1.54) is 51.6 Å². The molecule has 1 aliphatic heterocycles. The minimum absolute atomic E-state index is 0.505. The normalized spacial score (nSPS) is 20.2. The van der Waals surface area contributed by atoms with Gasteiger partial charge in [-0.05, 0) is 45.8 Å². The first-order valence-corrected chi connectivity index (χ1v) is 7.72. The van der Waals surface area contributed by atoms with Crippen molar-refractivity contribution in [2.24, 2.45) is 0 Å². The summed E-state index contributed by atoms with van der Waals surface area (Å²) in [5.74, 6) is 0. The average molecular weight is 256 g/mol. The van der Waals surface area contributed by atoms with Gasteiger partial charge in [0.2, 0.25) is 0 Å². The Kier molecular flexibility index (Phi) is 8.64. The van der Waals surface area contributed by atoms with Crippen molar-refractivity contribution in [3.05, 3.63) is 0 Å². The minimum Gasteiger partial charge on any atom is -0.377 e. The van der Waals surface area contributed by atoms with Crippen LogP contribution in [0.4, 0.5) is 0 Å². The Balaban J connectivity index is 1.84. The number of nitrogens with one attached hydrogen (secondary N) is 1. The van der Waals surface area contributed by atoms with Gasteiger partial charge in [0.15, 0.2) is 0 Å². The third kappa shape index (κ3) is 8.06. The van der Waals surface area contributed by atoms with Crippen LogP contribution in [-0.2, 0) is 4.74 Å². The maximum atomic E-state index is 5.66. The van der Waals surface area contributed by atoms with Gasteiger partial charge >= 0.3 is 0 Å². The van der Waals surface area contributed by atoms with E-state index in [0.29, 0.717) is 12.1 Å². The molecule has 1 aliphatic rings. The average Bonchev–Trinajstić information content (AvgIpc) is 2.80. The number of likely N-dealkylation sites (N-methyl/N-ethyl adjacent to an activating group) is 1. The second-order valence-electron chi connectivity index (χ2n) is 5.92. The summed E-state index contributed by atoms with van der Waals surface area (Å²) in [5.41, 5.74) is 0. The maximum Gasteiger partial charge on any atom is 0.0702 e. The van der Waals surface area contributed by atoms with Crippen LogP contribution in [0.1, 0.15) is 52.4 Å². The lowest BCUT2D eigenvalue weighted by Gasteiger charge is -2.20. The van der Waals surface area contributed by atoms with Crippen molar-refractivity contribution in [3.63, 3.8) is 0 Å². The molecule has 108 valence electrons. The Bertz CT molecular complexity index is 191. The van der Waals surface area contributed by atoms with Crippen LogP contribution in [0, 0.1) is 0 Å². The van der Waals surface area contributed by atoms with E-state index in [4.69, 9.17) is 4.74 Å². The fourth-order valence-corrected chi connectivity index (χ4v) is 2.48. The number of unbranched alkanes of at least 4 members (excludes halogenated alkanes) is 3. The van der Waals surface area contributed by atoms with E-state index in [-0.39, 0.29) is 0 Å². The first kappa shape index (κ1) is 15.9. The van der Waals surface area contributed by atoms with Crippen LogP contribution in [0.5, 0.6) is 0 Å². The topological polar surface area (TPSA) is 24.5 Å². The Morgan fingerprint density at radius 2 is 2.00 bits per heavy atom. The number of rotatable bonds is 10. The third-order valence-corrected chi connectivity index (χ3v) is 3.56. The Morgan fingerprint density at radius 1 is 1.22 bits per heavy atom. The van der Waals surface area contributed by atoms with Crippen molar-refractivity contribution in [2.75, 3.05) is 33.3 Å². The standard InChI is InChI=1S/C15H32N2O/c1-14(2)16-10-6-4-5-7-11-17(3)13-15-9-8-12-18-15/h14-16H,4-13H2,1-3H3. The van der Waals surface area contributed by atoms with Gasteiger partial charge < -0.3 is 15.0 Å². The highest BCUT2D eigenvalue weighted by atomic mass is 16.5. The molecule has 0 aliphatic carbocycles. The van der Waals surface area contributed by atoms with Crippen LogP contribution in [0.25, 0.3) is 0 Å². The van der Waals surface area contributed by atoms with Gasteiger partial charge in [-0.1, -0.05) is 26.7 Å². The number of nitrogens with zero attached hydrogens (tertiary/aromatic N) is 1. The molecule has 0 saturated carbocycles. The Morgan fingerprint density at radius 3 is 2.67 bits per heavy atom. The second kappa shape index (κ2) is 9.76. The van der Waals surface area contributed by atoms with Crippen LogP contribution >= 0.6 is 0 Å². The van der Waals surface area contributed by atoms with E-state index < -0.39 is 0 Å². The molecule has 3 nitrogen and oxygen atoms in total. The first-order valence-electron chi connectivity index (χ1n) is 7.72. The zero-order valence-corrected chi connectivity index (χ0v) is 12.6. The van der Waals surface area contributed by atoms with Gasteiger partial charge in [0.1, 0.15) is 0 Å². The summed E-state index contributed by atoms with van der Waals surface area (Å²) in [7, 11) is 2.22. The summed E-state index contributed by atoms with van der Waals surface area (Å²) >= 11 is 0. The van der Waals surface area contributed by atoms with E-state index in [1.54, 1.807) is 0 Å². The van der Waals surface area contributed by atoms with Gasteiger partial charge in [0.25, 0.3) is 0 Å². The van der Waals surface area contributed by atoms with Gasteiger partial charge in [-0.3, -0.25) is 0 Å². The number of hydrogen-bond donors (Lipinski definition) is 1. The van der Waals surface area contributed by atoms with Crippen LogP contribution in [0.2, 0.25) is 0 Å². The molecule has 0 radical (unpaired) electrons. The third-order valence-electron chi connectivity index (χ3n) is 3.56. The summed E-state index contributed by atoms with van der Waals surface area (Å²) in [4.78, 5) is 2.43. The fourth-order valence-electron chi connectivity index (χ4n) is 2.48. The van der Waals surface area contributed by atoms with E-state index in [1.807, 2.05) is 0 Å². The van der Waals surface area contributed by atoms with E-state index in [0.717, 1.165) is 13.2 Å². The molecular formula is C15H32N2O. The summed E-state index contributed by atoms with van der Waals surface area (Å²) < 4.78 is 5.66. The maximum absolute atomic E-state index is 5.66. The molecule has 1 unspecified atom stereocenters. The zero-order chi connectivity index (χ0) is 13.2. The molecule has 1 atom stereocenters. The molecule has 0 bridgehead atoms. The molecule has 3 heteroatoms. The van der Waals surface area contributed by atoms with Gasteiger partial charge in [0.05, 0.1) is 6.10 Å². The van der Waals surface area contributed by atoms with Gasteiger partial charge in [-0.15, -0.1) is 0 Å². The van der Waals surface area contributed by atoms with Crippen LogP contribution < -0.4 is 5.32 Å².